The number of nitrogens with one attached hydrogen (secondary N) is 1. The van der Waals surface area contributed by atoms with Crippen LogP contribution in [0.15, 0.2) is 42.7 Å². The Morgan fingerprint density at radius 2 is 1.93 bits per heavy atom. The van der Waals surface area contributed by atoms with Crippen LogP contribution in [0.4, 0.5) is 5.69 Å². The average Bonchev–Trinajstić information content (AvgIpc) is 2.74. The zero-order valence-electron chi connectivity index (χ0n) is 16.6. The van der Waals surface area contributed by atoms with Crippen LogP contribution in [0.2, 0.25) is 5.02 Å². The van der Waals surface area contributed by atoms with Crippen LogP contribution in [-0.2, 0) is 9.59 Å². The summed E-state index contributed by atoms with van der Waals surface area (Å²) in [7, 11) is 0. The smallest absolute Gasteiger partial charge is 0.227 e. The van der Waals surface area contributed by atoms with Gasteiger partial charge in [0, 0.05) is 48.5 Å². The van der Waals surface area contributed by atoms with Gasteiger partial charge in [0.2, 0.25) is 11.8 Å². The molecule has 3 rings (SSSR count). The first-order valence-electron chi connectivity index (χ1n) is 9.90. The summed E-state index contributed by atoms with van der Waals surface area (Å²) in [5.74, 6) is 0.827. The number of likely N-dealkylation sites (tertiary alicyclic amines) is 1. The van der Waals surface area contributed by atoms with Gasteiger partial charge in [0.15, 0.2) is 0 Å². The maximum atomic E-state index is 12.4. The van der Waals surface area contributed by atoms with E-state index in [0.29, 0.717) is 50.4 Å². The van der Waals surface area contributed by atoms with Crippen molar-refractivity contribution in [3.05, 3.63) is 53.3 Å². The molecule has 2 heterocycles. The van der Waals surface area contributed by atoms with E-state index in [1.54, 1.807) is 24.5 Å². The normalized spacial score (nSPS) is 14.5. The summed E-state index contributed by atoms with van der Waals surface area (Å²) in [5.41, 5.74) is 1.72. The van der Waals surface area contributed by atoms with Gasteiger partial charge >= 0.3 is 0 Å². The number of amides is 2. The number of ether oxygens (including phenoxy) is 1. The van der Waals surface area contributed by atoms with E-state index >= 15 is 0 Å². The lowest BCUT2D eigenvalue weighted by molar-refractivity contribution is -0.134. The van der Waals surface area contributed by atoms with Gasteiger partial charge in [-0.15, -0.1) is 0 Å². The predicted molar refractivity (Wildman–Crippen MR) is 113 cm³/mol. The van der Waals surface area contributed by atoms with Crippen molar-refractivity contribution in [2.45, 2.75) is 32.6 Å². The Bertz CT molecular complexity index is 836. The van der Waals surface area contributed by atoms with Gasteiger partial charge in [0.25, 0.3) is 0 Å². The first kappa shape index (κ1) is 21.1. The third-order valence-corrected chi connectivity index (χ3v) is 5.52. The maximum absolute atomic E-state index is 12.4. The van der Waals surface area contributed by atoms with Crippen LogP contribution in [0.25, 0.3) is 0 Å². The van der Waals surface area contributed by atoms with Crippen molar-refractivity contribution >= 4 is 29.1 Å². The second-order valence-electron chi connectivity index (χ2n) is 7.24. The molecule has 0 bridgehead atoms. The van der Waals surface area contributed by atoms with Gasteiger partial charge in [-0.3, -0.25) is 14.6 Å². The van der Waals surface area contributed by atoms with Crippen molar-refractivity contribution < 1.29 is 14.3 Å². The lowest BCUT2D eigenvalue weighted by Gasteiger charge is -2.31. The number of carbonyl (C=O) groups is 2. The first-order valence-corrected chi connectivity index (χ1v) is 10.3. The number of carbonyl (C=O) groups excluding carboxylic acids is 2. The van der Waals surface area contributed by atoms with Crippen LogP contribution in [-0.4, -0.2) is 41.4 Å². The number of halogens is 1. The highest BCUT2D eigenvalue weighted by Crippen LogP contribution is 2.22. The summed E-state index contributed by atoms with van der Waals surface area (Å²) in [6.07, 6.45) is 5.76. The van der Waals surface area contributed by atoms with E-state index in [9.17, 15) is 9.59 Å². The van der Waals surface area contributed by atoms with Crippen molar-refractivity contribution in [3.63, 3.8) is 0 Å². The molecule has 1 aromatic carbocycles. The van der Waals surface area contributed by atoms with Crippen LogP contribution in [0.3, 0.4) is 0 Å². The summed E-state index contributed by atoms with van der Waals surface area (Å²) in [6, 6.07) is 9.07. The lowest BCUT2D eigenvalue weighted by Crippen LogP contribution is -2.41. The Hall–Kier alpha value is -2.60. The van der Waals surface area contributed by atoms with E-state index in [1.807, 2.05) is 30.0 Å². The number of nitrogens with zero attached hydrogens (tertiary/aromatic N) is 2. The molecule has 1 saturated heterocycles. The molecule has 1 fully saturated rings. The number of rotatable bonds is 7. The number of pyridine rings is 1. The fraction of sp³-hybridized carbons (Fsp3) is 0.409. The summed E-state index contributed by atoms with van der Waals surface area (Å²) < 4.78 is 5.70. The Balaban J connectivity index is 1.35. The number of hydrogen-bond donors (Lipinski definition) is 1. The molecule has 154 valence electrons. The molecule has 0 atom stereocenters. The van der Waals surface area contributed by atoms with Gasteiger partial charge < -0.3 is 15.0 Å². The van der Waals surface area contributed by atoms with E-state index in [-0.39, 0.29) is 17.7 Å². The van der Waals surface area contributed by atoms with Gasteiger partial charge in [-0.2, -0.15) is 0 Å². The molecule has 1 aliphatic rings. The number of piperidine rings is 1. The van der Waals surface area contributed by atoms with E-state index in [1.165, 1.54) is 0 Å². The van der Waals surface area contributed by atoms with Crippen molar-refractivity contribution in [1.82, 2.24) is 9.88 Å². The van der Waals surface area contributed by atoms with E-state index < -0.39 is 0 Å². The minimum absolute atomic E-state index is 0.00922. The Kier molecular flexibility index (Phi) is 7.47. The van der Waals surface area contributed by atoms with Crippen molar-refractivity contribution in [1.29, 1.82) is 0 Å². The topological polar surface area (TPSA) is 71.5 Å². The van der Waals surface area contributed by atoms with Crippen molar-refractivity contribution in [2.75, 3.05) is 25.0 Å². The standard InChI is InChI=1S/C22H26ClN3O3/c1-16-15-19(4-5-20(16)23)29-14-2-3-21(27)26-12-8-17(9-13-26)22(28)25-18-6-10-24-11-7-18/h4-7,10-11,15,17H,2-3,8-9,12-14H2,1H3,(H,24,25,28). The number of benzene rings is 1. The van der Waals surface area contributed by atoms with Gasteiger partial charge in [-0.1, -0.05) is 11.6 Å². The fourth-order valence-corrected chi connectivity index (χ4v) is 3.47. The quantitative estimate of drug-likeness (QED) is 0.691. The minimum Gasteiger partial charge on any atom is -0.494 e. The monoisotopic (exact) mass is 415 g/mol. The zero-order chi connectivity index (χ0) is 20.6. The molecule has 1 aromatic heterocycles. The van der Waals surface area contributed by atoms with E-state index in [0.717, 1.165) is 17.0 Å². The third kappa shape index (κ3) is 6.19. The van der Waals surface area contributed by atoms with Crippen molar-refractivity contribution in [3.8, 4) is 5.75 Å². The van der Waals surface area contributed by atoms with Gasteiger partial charge in [-0.05, 0) is 62.1 Å². The van der Waals surface area contributed by atoms with Gasteiger partial charge in [0.1, 0.15) is 5.75 Å². The van der Waals surface area contributed by atoms with Gasteiger partial charge in [0.05, 0.1) is 6.61 Å². The molecule has 0 aliphatic carbocycles. The maximum Gasteiger partial charge on any atom is 0.227 e. The van der Waals surface area contributed by atoms with Crippen LogP contribution < -0.4 is 10.1 Å². The predicted octanol–water partition coefficient (Wildman–Crippen LogP) is 4.08. The molecule has 0 unspecified atom stereocenters. The minimum atomic E-state index is -0.0660. The molecule has 2 aromatic rings. The highest BCUT2D eigenvalue weighted by Gasteiger charge is 2.27. The molecule has 6 nitrogen and oxygen atoms in total. The zero-order valence-corrected chi connectivity index (χ0v) is 17.3. The summed E-state index contributed by atoms with van der Waals surface area (Å²) in [4.78, 5) is 30.6. The lowest BCUT2D eigenvalue weighted by atomic mass is 9.95. The molecular weight excluding hydrogens is 390 g/mol. The highest BCUT2D eigenvalue weighted by atomic mass is 35.5. The second kappa shape index (κ2) is 10.3. The fourth-order valence-electron chi connectivity index (χ4n) is 3.35. The van der Waals surface area contributed by atoms with Crippen LogP contribution in [0.1, 0.15) is 31.2 Å². The second-order valence-corrected chi connectivity index (χ2v) is 7.65. The molecule has 0 radical (unpaired) electrons. The number of hydrogen-bond acceptors (Lipinski definition) is 4. The molecular formula is C22H26ClN3O3. The third-order valence-electron chi connectivity index (χ3n) is 5.10. The molecule has 0 saturated carbocycles. The molecule has 2 amide bonds. The summed E-state index contributed by atoms with van der Waals surface area (Å²) in [6.45, 7) is 3.65. The summed E-state index contributed by atoms with van der Waals surface area (Å²) in [5, 5.41) is 3.63. The Morgan fingerprint density at radius 3 is 2.62 bits per heavy atom. The molecule has 7 heteroatoms. The Morgan fingerprint density at radius 1 is 1.21 bits per heavy atom. The van der Waals surface area contributed by atoms with Crippen LogP contribution in [0, 0.1) is 12.8 Å². The van der Waals surface area contributed by atoms with E-state index in [4.69, 9.17) is 16.3 Å². The Labute approximate surface area is 176 Å². The highest BCUT2D eigenvalue weighted by molar-refractivity contribution is 6.31. The number of aromatic nitrogens is 1. The molecule has 29 heavy (non-hydrogen) atoms. The number of anilines is 1. The SMILES string of the molecule is Cc1cc(OCCCC(=O)N2CCC(C(=O)Nc3ccncc3)CC2)ccc1Cl. The summed E-state index contributed by atoms with van der Waals surface area (Å²) >= 11 is 6.01. The van der Waals surface area contributed by atoms with Gasteiger partial charge in [-0.25, -0.2) is 0 Å². The van der Waals surface area contributed by atoms with Crippen molar-refractivity contribution in [2.24, 2.45) is 5.92 Å². The number of aryl methyl sites for hydroxylation is 1. The molecule has 1 aliphatic heterocycles. The average molecular weight is 416 g/mol. The molecule has 0 spiro atoms. The first-order chi connectivity index (χ1) is 14.0. The van der Waals surface area contributed by atoms with Crippen LogP contribution >= 0.6 is 11.6 Å². The van der Waals surface area contributed by atoms with E-state index in [2.05, 4.69) is 10.3 Å². The largest absolute Gasteiger partial charge is 0.494 e. The molecule has 1 N–H and O–H groups in total. The van der Waals surface area contributed by atoms with Crippen LogP contribution in [0.5, 0.6) is 5.75 Å².